The van der Waals surface area contributed by atoms with Gasteiger partial charge >= 0.3 is 0 Å². The van der Waals surface area contributed by atoms with Gasteiger partial charge in [-0.1, -0.05) is 6.92 Å². The Balaban J connectivity index is 2.81. The molecule has 0 aromatic heterocycles. The third-order valence-corrected chi connectivity index (χ3v) is 4.55. The number of amides is 1. The summed E-state index contributed by atoms with van der Waals surface area (Å²) in [5.41, 5.74) is 5.57. The molecule has 0 radical (unpaired) electrons. The lowest BCUT2D eigenvalue weighted by molar-refractivity contribution is -0.120. The first-order valence-electron chi connectivity index (χ1n) is 6.05. The fraction of sp³-hybridized carbons (Fsp3) is 0.462. The lowest BCUT2D eigenvalue weighted by Crippen LogP contribution is -2.45. The van der Waals surface area contributed by atoms with Crippen molar-refractivity contribution in [3.05, 3.63) is 24.3 Å². The first-order valence-corrected chi connectivity index (χ1v) is 7.71. The van der Waals surface area contributed by atoms with Gasteiger partial charge in [0, 0.05) is 11.2 Å². The van der Waals surface area contributed by atoms with Gasteiger partial charge in [-0.2, -0.15) is 0 Å². The number of nitrogens with two attached hydrogens (primary N) is 1. The molecule has 0 saturated carbocycles. The molecule has 1 aromatic rings. The van der Waals surface area contributed by atoms with E-state index in [0.29, 0.717) is 5.69 Å². The number of carbonyl (C=O) groups is 1. The summed E-state index contributed by atoms with van der Waals surface area (Å²) in [7, 11) is -3.62. The number of hydrogen-bond acceptors (Lipinski definition) is 4. The molecule has 0 fully saturated rings. The average molecular weight is 284 g/mol. The lowest BCUT2D eigenvalue weighted by atomic mass is 10.0. The Morgan fingerprint density at radius 2 is 1.79 bits per heavy atom. The first-order chi connectivity index (χ1) is 8.66. The summed E-state index contributed by atoms with van der Waals surface area (Å²) in [5, 5.41) is 2.70. The molecule has 1 aromatic carbocycles. The van der Waals surface area contributed by atoms with Gasteiger partial charge in [-0.05, 0) is 44.5 Å². The van der Waals surface area contributed by atoms with Gasteiger partial charge in [0.15, 0.2) is 9.84 Å². The molecule has 1 rings (SSSR count). The largest absolute Gasteiger partial charge is 0.399 e. The lowest BCUT2D eigenvalue weighted by Gasteiger charge is -2.24. The van der Waals surface area contributed by atoms with Gasteiger partial charge in [-0.3, -0.25) is 4.79 Å². The van der Waals surface area contributed by atoms with Crippen LogP contribution in [0.4, 0.5) is 5.69 Å². The SMILES string of the molecule is CCC(C)(C)NC(=O)CS(=O)(=O)c1ccc(N)cc1. The molecule has 0 aliphatic rings. The minimum atomic E-state index is -3.62. The van der Waals surface area contributed by atoms with Gasteiger partial charge < -0.3 is 11.1 Å². The van der Waals surface area contributed by atoms with Crippen LogP contribution in [0, 0.1) is 0 Å². The van der Waals surface area contributed by atoms with Crippen LogP contribution in [-0.4, -0.2) is 25.6 Å². The number of rotatable bonds is 5. The molecule has 0 atom stereocenters. The number of benzene rings is 1. The second-order valence-corrected chi connectivity index (χ2v) is 7.10. The standard InChI is InChI=1S/C13H20N2O3S/c1-4-13(2,3)15-12(16)9-19(17,18)11-7-5-10(14)6-8-11/h5-8H,4,9,14H2,1-3H3,(H,15,16). The van der Waals surface area contributed by atoms with Crippen LogP contribution in [0.25, 0.3) is 0 Å². The maximum atomic E-state index is 12.0. The Kier molecular flexibility index (Phi) is 4.57. The van der Waals surface area contributed by atoms with Crippen molar-refractivity contribution < 1.29 is 13.2 Å². The van der Waals surface area contributed by atoms with E-state index in [1.165, 1.54) is 24.3 Å². The first kappa shape index (κ1) is 15.5. The van der Waals surface area contributed by atoms with Crippen molar-refractivity contribution in [2.75, 3.05) is 11.5 Å². The molecular weight excluding hydrogens is 264 g/mol. The van der Waals surface area contributed by atoms with Crippen molar-refractivity contribution in [3.63, 3.8) is 0 Å². The normalized spacial score (nSPS) is 12.2. The molecule has 0 heterocycles. The third-order valence-electron chi connectivity index (χ3n) is 2.92. The third kappa shape index (κ3) is 4.55. The van der Waals surface area contributed by atoms with Crippen molar-refractivity contribution in [1.82, 2.24) is 5.32 Å². The molecular formula is C13H20N2O3S. The molecule has 106 valence electrons. The summed E-state index contributed by atoms with van der Waals surface area (Å²) in [4.78, 5) is 11.9. The topological polar surface area (TPSA) is 89.3 Å². The highest BCUT2D eigenvalue weighted by molar-refractivity contribution is 7.92. The fourth-order valence-electron chi connectivity index (χ4n) is 1.43. The highest BCUT2D eigenvalue weighted by Crippen LogP contribution is 2.14. The van der Waals surface area contributed by atoms with Gasteiger partial charge in [-0.25, -0.2) is 8.42 Å². The highest BCUT2D eigenvalue weighted by Gasteiger charge is 2.23. The number of nitrogens with one attached hydrogen (secondary N) is 1. The minimum Gasteiger partial charge on any atom is -0.399 e. The maximum absolute atomic E-state index is 12.0. The van der Waals surface area contributed by atoms with Gasteiger partial charge in [0.1, 0.15) is 5.75 Å². The van der Waals surface area contributed by atoms with Crippen molar-refractivity contribution in [2.24, 2.45) is 0 Å². The van der Waals surface area contributed by atoms with E-state index in [-0.39, 0.29) is 4.90 Å². The van der Waals surface area contributed by atoms with Crippen molar-refractivity contribution >= 4 is 21.4 Å². The summed E-state index contributed by atoms with van der Waals surface area (Å²) in [6.45, 7) is 5.62. The van der Waals surface area contributed by atoms with Gasteiger partial charge in [0.05, 0.1) is 4.90 Å². The number of hydrogen-bond donors (Lipinski definition) is 2. The maximum Gasteiger partial charge on any atom is 0.235 e. The molecule has 0 aliphatic carbocycles. The predicted molar refractivity (Wildman–Crippen MR) is 75.4 cm³/mol. The zero-order chi connectivity index (χ0) is 14.7. The van der Waals surface area contributed by atoms with E-state index in [9.17, 15) is 13.2 Å². The van der Waals surface area contributed by atoms with Crippen molar-refractivity contribution in [2.45, 2.75) is 37.6 Å². The second-order valence-electron chi connectivity index (χ2n) is 5.11. The monoisotopic (exact) mass is 284 g/mol. The van der Waals surface area contributed by atoms with Crippen LogP contribution >= 0.6 is 0 Å². The molecule has 0 bridgehead atoms. The van der Waals surface area contributed by atoms with Crippen LogP contribution in [0.5, 0.6) is 0 Å². The summed E-state index contributed by atoms with van der Waals surface area (Å²) in [5.74, 6) is -1.05. The summed E-state index contributed by atoms with van der Waals surface area (Å²) in [6.07, 6.45) is 0.723. The number of nitrogen functional groups attached to an aromatic ring is 1. The van der Waals surface area contributed by atoms with E-state index in [2.05, 4.69) is 5.32 Å². The number of carbonyl (C=O) groups excluding carboxylic acids is 1. The van der Waals surface area contributed by atoms with Crippen molar-refractivity contribution in [1.29, 1.82) is 0 Å². The zero-order valence-corrected chi connectivity index (χ0v) is 12.3. The van der Waals surface area contributed by atoms with Gasteiger partial charge in [0.2, 0.25) is 5.91 Å². The van der Waals surface area contributed by atoms with Gasteiger partial charge in [-0.15, -0.1) is 0 Å². The second kappa shape index (κ2) is 5.61. The Labute approximate surface area is 114 Å². The predicted octanol–water partition coefficient (Wildman–Crippen LogP) is 1.35. The molecule has 19 heavy (non-hydrogen) atoms. The quantitative estimate of drug-likeness (QED) is 0.799. The van der Waals surface area contributed by atoms with Crippen LogP contribution < -0.4 is 11.1 Å². The van der Waals surface area contributed by atoms with E-state index in [1.807, 2.05) is 20.8 Å². The van der Waals surface area contributed by atoms with Crippen LogP contribution in [0.2, 0.25) is 0 Å². The van der Waals surface area contributed by atoms with Crippen LogP contribution in [-0.2, 0) is 14.6 Å². The molecule has 0 saturated heterocycles. The smallest absolute Gasteiger partial charge is 0.235 e. The minimum absolute atomic E-state index is 0.103. The molecule has 3 N–H and O–H groups in total. The van der Waals surface area contributed by atoms with E-state index in [1.54, 1.807) is 0 Å². The molecule has 0 unspecified atom stereocenters. The zero-order valence-electron chi connectivity index (χ0n) is 11.4. The molecule has 5 nitrogen and oxygen atoms in total. The Morgan fingerprint density at radius 3 is 2.26 bits per heavy atom. The molecule has 0 aliphatic heterocycles. The summed E-state index contributed by atoms with van der Waals surface area (Å²) >= 11 is 0. The van der Waals surface area contributed by atoms with E-state index in [4.69, 9.17) is 5.73 Å². The fourth-order valence-corrected chi connectivity index (χ4v) is 2.57. The Hall–Kier alpha value is -1.56. The van der Waals surface area contributed by atoms with E-state index < -0.39 is 27.0 Å². The van der Waals surface area contributed by atoms with E-state index in [0.717, 1.165) is 6.42 Å². The number of anilines is 1. The summed E-state index contributed by atoms with van der Waals surface area (Å²) in [6, 6.07) is 5.81. The van der Waals surface area contributed by atoms with Crippen molar-refractivity contribution in [3.8, 4) is 0 Å². The van der Waals surface area contributed by atoms with E-state index >= 15 is 0 Å². The molecule has 1 amide bonds. The summed E-state index contributed by atoms with van der Waals surface area (Å²) < 4.78 is 24.1. The molecule has 0 spiro atoms. The number of sulfone groups is 1. The van der Waals surface area contributed by atoms with Crippen LogP contribution in [0.15, 0.2) is 29.2 Å². The van der Waals surface area contributed by atoms with Crippen LogP contribution in [0.3, 0.4) is 0 Å². The van der Waals surface area contributed by atoms with Crippen LogP contribution in [0.1, 0.15) is 27.2 Å². The highest BCUT2D eigenvalue weighted by atomic mass is 32.2. The van der Waals surface area contributed by atoms with Gasteiger partial charge in [0.25, 0.3) is 0 Å². The average Bonchev–Trinajstić information content (AvgIpc) is 2.28. The Bertz CT molecular complexity index is 548. The molecule has 6 heteroatoms. The Morgan fingerprint density at radius 1 is 1.26 bits per heavy atom.